The molecule has 0 unspecified atom stereocenters. The molecule has 4 heteroatoms. The molecule has 0 aliphatic carbocycles. The SMILES string of the molecule is CN(CC1CCOCC1)c1cc(Br)cc(C#N)c1. The van der Waals surface area contributed by atoms with Crippen molar-refractivity contribution in [3.63, 3.8) is 0 Å². The number of hydrogen-bond acceptors (Lipinski definition) is 3. The molecule has 0 N–H and O–H groups in total. The molecule has 1 heterocycles. The molecule has 0 radical (unpaired) electrons. The van der Waals surface area contributed by atoms with Crippen molar-refractivity contribution in [2.45, 2.75) is 12.8 Å². The Morgan fingerprint density at radius 1 is 1.39 bits per heavy atom. The second-order valence-corrected chi connectivity index (χ2v) is 5.66. The molecule has 0 bridgehead atoms. The van der Waals surface area contributed by atoms with Gasteiger partial charge in [0.2, 0.25) is 0 Å². The van der Waals surface area contributed by atoms with E-state index >= 15 is 0 Å². The average Bonchev–Trinajstić information content (AvgIpc) is 2.39. The highest BCUT2D eigenvalue weighted by Crippen LogP contribution is 2.24. The van der Waals surface area contributed by atoms with Gasteiger partial charge in [-0.15, -0.1) is 0 Å². The Kier molecular flexibility index (Phi) is 4.62. The van der Waals surface area contributed by atoms with Gasteiger partial charge in [0, 0.05) is 37.0 Å². The maximum absolute atomic E-state index is 8.98. The summed E-state index contributed by atoms with van der Waals surface area (Å²) < 4.78 is 6.33. The number of anilines is 1. The summed E-state index contributed by atoms with van der Waals surface area (Å²) in [6.07, 6.45) is 2.26. The van der Waals surface area contributed by atoms with Gasteiger partial charge in [0.15, 0.2) is 0 Å². The summed E-state index contributed by atoms with van der Waals surface area (Å²) in [5.74, 6) is 0.688. The zero-order chi connectivity index (χ0) is 13.0. The summed E-state index contributed by atoms with van der Waals surface area (Å²) in [4.78, 5) is 2.22. The van der Waals surface area contributed by atoms with Crippen LogP contribution in [0.3, 0.4) is 0 Å². The van der Waals surface area contributed by atoms with Gasteiger partial charge in [0.1, 0.15) is 0 Å². The van der Waals surface area contributed by atoms with E-state index in [4.69, 9.17) is 10.00 Å². The topological polar surface area (TPSA) is 36.3 Å². The first-order valence-corrected chi connectivity index (χ1v) is 6.98. The molecule has 1 aromatic carbocycles. The highest BCUT2D eigenvalue weighted by atomic mass is 79.9. The molecular formula is C14H17BrN2O. The maximum Gasteiger partial charge on any atom is 0.0992 e. The van der Waals surface area contributed by atoms with Crippen LogP contribution in [0.4, 0.5) is 5.69 Å². The molecule has 18 heavy (non-hydrogen) atoms. The lowest BCUT2D eigenvalue weighted by molar-refractivity contribution is 0.0685. The standard InChI is InChI=1S/C14H17BrN2O/c1-17(10-11-2-4-18-5-3-11)14-7-12(9-16)6-13(15)8-14/h6-8,11H,2-5,10H2,1H3. The first-order chi connectivity index (χ1) is 8.69. The van der Waals surface area contributed by atoms with Crippen molar-refractivity contribution in [1.29, 1.82) is 5.26 Å². The van der Waals surface area contributed by atoms with Crippen molar-refractivity contribution >= 4 is 21.6 Å². The third kappa shape index (κ3) is 3.47. The molecule has 0 saturated carbocycles. The third-order valence-electron chi connectivity index (χ3n) is 3.33. The van der Waals surface area contributed by atoms with Crippen LogP contribution in [0, 0.1) is 17.2 Å². The Hall–Kier alpha value is -1.05. The molecule has 2 rings (SSSR count). The smallest absolute Gasteiger partial charge is 0.0992 e. The van der Waals surface area contributed by atoms with E-state index in [1.54, 1.807) is 0 Å². The Morgan fingerprint density at radius 2 is 2.11 bits per heavy atom. The Labute approximate surface area is 116 Å². The molecule has 0 amide bonds. The Balaban J connectivity index is 2.05. The van der Waals surface area contributed by atoms with Gasteiger partial charge in [-0.1, -0.05) is 15.9 Å². The maximum atomic E-state index is 8.98. The van der Waals surface area contributed by atoms with Crippen LogP contribution in [0.2, 0.25) is 0 Å². The van der Waals surface area contributed by atoms with Crippen LogP contribution < -0.4 is 4.90 Å². The van der Waals surface area contributed by atoms with Gasteiger partial charge < -0.3 is 9.64 Å². The van der Waals surface area contributed by atoms with Crippen LogP contribution in [0.15, 0.2) is 22.7 Å². The second-order valence-electron chi connectivity index (χ2n) is 4.75. The van der Waals surface area contributed by atoms with Crippen LogP contribution in [0.1, 0.15) is 18.4 Å². The van der Waals surface area contributed by atoms with Crippen LogP contribution >= 0.6 is 15.9 Å². The Bertz CT molecular complexity index is 450. The molecule has 1 aliphatic heterocycles. The predicted octanol–water partition coefficient (Wildman–Crippen LogP) is 3.18. The van der Waals surface area contributed by atoms with Crippen molar-refractivity contribution < 1.29 is 4.74 Å². The molecule has 1 saturated heterocycles. The normalized spacial score (nSPS) is 16.3. The summed E-state index contributed by atoms with van der Waals surface area (Å²) in [5.41, 5.74) is 1.78. The van der Waals surface area contributed by atoms with Crippen LogP contribution in [0.25, 0.3) is 0 Å². The third-order valence-corrected chi connectivity index (χ3v) is 3.78. The van der Waals surface area contributed by atoms with Gasteiger partial charge >= 0.3 is 0 Å². The fourth-order valence-corrected chi connectivity index (χ4v) is 2.76. The number of nitrogens with zero attached hydrogens (tertiary/aromatic N) is 2. The fourth-order valence-electron chi connectivity index (χ4n) is 2.28. The van der Waals surface area contributed by atoms with E-state index in [0.717, 1.165) is 42.8 Å². The number of benzene rings is 1. The van der Waals surface area contributed by atoms with Crippen LogP contribution in [-0.2, 0) is 4.74 Å². The minimum absolute atomic E-state index is 0.688. The molecule has 1 fully saturated rings. The van der Waals surface area contributed by atoms with Crippen LogP contribution in [0.5, 0.6) is 0 Å². The molecule has 1 aliphatic rings. The zero-order valence-corrected chi connectivity index (χ0v) is 12.1. The highest BCUT2D eigenvalue weighted by Gasteiger charge is 2.16. The minimum atomic E-state index is 0.688. The lowest BCUT2D eigenvalue weighted by Crippen LogP contribution is -2.29. The largest absolute Gasteiger partial charge is 0.381 e. The van der Waals surface area contributed by atoms with Crippen molar-refractivity contribution in [3.05, 3.63) is 28.2 Å². The van der Waals surface area contributed by atoms with Gasteiger partial charge in [-0.25, -0.2) is 0 Å². The summed E-state index contributed by atoms with van der Waals surface area (Å²) in [6, 6.07) is 8.02. The highest BCUT2D eigenvalue weighted by molar-refractivity contribution is 9.10. The molecule has 0 atom stereocenters. The molecule has 96 valence electrons. The van der Waals surface area contributed by atoms with Gasteiger partial charge in [0.25, 0.3) is 0 Å². The first kappa shape index (κ1) is 13.4. The number of halogens is 1. The van der Waals surface area contributed by atoms with E-state index < -0.39 is 0 Å². The van der Waals surface area contributed by atoms with Crippen molar-refractivity contribution in [2.75, 3.05) is 31.7 Å². The van der Waals surface area contributed by atoms with Gasteiger partial charge in [-0.2, -0.15) is 5.26 Å². The lowest BCUT2D eigenvalue weighted by Gasteiger charge is -2.28. The second kappa shape index (κ2) is 6.21. The van der Waals surface area contributed by atoms with E-state index in [2.05, 4.69) is 40.0 Å². The molecule has 1 aromatic rings. The van der Waals surface area contributed by atoms with Gasteiger partial charge in [0.05, 0.1) is 11.6 Å². The van der Waals surface area contributed by atoms with Crippen molar-refractivity contribution in [3.8, 4) is 6.07 Å². The van der Waals surface area contributed by atoms with Crippen molar-refractivity contribution in [2.24, 2.45) is 5.92 Å². The summed E-state index contributed by atoms with van der Waals surface area (Å²) in [7, 11) is 2.08. The summed E-state index contributed by atoms with van der Waals surface area (Å²) in [5, 5.41) is 8.98. The van der Waals surface area contributed by atoms with Crippen LogP contribution in [-0.4, -0.2) is 26.8 Å². The average molecular weight is 309 g/mol. The van der Waals surface area contributed by atoms with E-state index in [-0.39, 0.29) is 0 Å². The lowest BCUT2D eigenvalue weighted by atomic mass is 9.99. The zero-order valence-electron chi connectivity index (χ0n) is 10.5. The van der Waals surface area contributed by atoms with E-state index in [0.29, 0.717) is 11.5 Å². The Morgan fingerprint density at radius 3 is 2.78 bits per heavy atom. The first-order valence-electron chi connectivity index (χ1n) is 6.18. The van der Waals surface area contributed by atoms with E-state index in [9.17, 15) is 0 Å². The predicted molar refractivity (Wildman–Crippen MR) is 75.7 cm³/mol. The van der Waals surface area contributed by atoms with Gasteiger partial charge in [-0.05, 0) is 37.0 Å². The number of ether oxygens (including phenoxy) is 1. The monoisotopic (exact) mass is 308 g/mol. The molecule has 3 nitrogen and oxygen atoms in total. The number of hydrogen-bond donors (Lipinski definition) is 0. The molecule has 0 spiro atoms. The summed E-state index contributed by atoms with van der Waals surface area (Å²) in [6.45, 7) is 2.77. The minimum Gasteiger partial charge on any atom is -0.381 e. The number of nitriles is 1. The molecule has 0 aromatic heterocycles. The van der Waals surface area contributed by atoms with Crippen molar-refractivity contribution in [1.82, 2.24) is 0 Å². The quantitative estimate of drug-likeness (QED) is 0.860. The number of rotatable bonds is 3. The van der Waals surface area contributed by atoms with E-state index in [1.807, 2.05) is 12.1 Å². The fraction of sp³-hybridized carbons (Fsp3) is 0.500. The van der Waals surface area contributed by atoms with Gasteiger partial charge in [-0.3, -0.25) is 0 Å². The summed E-state index contributed by atoms with van der Waals surface area (Å²) >= 11 is 3.45. The van der Waals surface area contributed by atoms with E-state index in [1.165, 1.54) is 0 Å². The molecular weight excluding hydrogens is 292 g/mol.